The van der Waals surface area contributed by atoms with Crippen molar-refractivity contribution in [2.75, 3.05) is 18.5 Å². The smallest absolute Gasteiger partial charge is 0.338 e. The van der Waals surface area contributed by atoms with Crippen LogP contribution in [0.4, 0.5) is 5.69 Å². The average molecular weight is 504 g/mol. The van der Waals surface area contributed by atoms with Crippen molar-refractivity contribution in [1.82, 2.24) is 10.9 Å². The maximum atomic E-state index is 12.0. The third kappa shape index (κ3) is 9.85. The highest BCUT2D eigenvalue weighted by Crippen LogP contribution is 2.14. The molecule has 35 heavy (non-hydrogen) atoms. The Balaban J connectivity index is 1.66. The Labute approximate surface area is 207 Å². The molecule has 2 rings (SSSR count). The molecular weight excluding hydrogens is 478 g/mol. The first-order valence-corrected chi connectivity index (χ1v) is 11.1. The second-order valence-corrected chi connectivity index (χ2v) is 8.17. The largest absolute Gasteiger partial charge is 0.462 e. The van der Waals surface area contributed by atoms with E-state index in [0.717, 1.165) is 0 Å². The lowest BCUT2D eigenvalue weighted by Gasteiger charge is -2.09. The summed E-state index contributed by atoms with van der Waals surface area (Å²) in [6, 6.07) is 12.4. The van der Waals surface area contributed by atoms with E-state index in [1.54, 1.807) is 12.1 Å². The van der Waals surface area contributed by atoms with Gasteiger partial charge in [0.25, 0.3) is 11.8 Å². The normalized spacial score (nSPS) is 10.3. The van der Waals surface area contributed by atoms with Crippen molar-refractivity contribution in [2.45, 2.75) is 26.7 Å². The molecule has 0 bridgehead atoms. The predicted molar refractivity (Wildman–Crippen MR) is 127 cm³/mol. The first-order valence-electron chi connectivity index (χ1n) is 10.7. The van der Waals surface area contributed by atoms with Crippen LogP contribution in [0.5, 0.6) is 0 Å². The Kier molecular flexibility index (Phi) is 10.7. The molecule has 0 spiro atoms. The number of benzene rings is 2. The standard InChI is InChI=1S/C24H26ClN3O7/c1-15(2)13-35-24(33)16-7-9-17(10-8-16)26-21(30)14-34-22(31)12-11-20(29)27-28-23(32)18-5-3-4-6-19(18)25/h3-10,15H,11-14H2,1-2H3,(H,26,30)(H,27,29)(H,28,32). The van der Waals surface area contributed by atoms with Gasteiger partial charge in [0.2, 0.25) is 5.91 Å². The molecule has 0 aromatic heterocycles. The number of carbonyl (C=O) groups is 5. The first kappa shape index (κ1) is 27.3. The van der Waals surface area contributed by atoms with Crippen LogP contribution < -0.4 is 16.2 Å². The number of hydrogen-bond acceptors (Lipinski definition) is 7. The Morgan fingerprint density at radius 3 is 2.20 bits per heavy atom. The summed E-state index contributed by atoms with van der Waals surface area (Å²) in [7, 11) is 0. The molecule has 11 heteroatoms. The molecule has 0 radical (unpaired) electrons. The molecule has 2 aromatic carbocycles. The molecule has 0 fully saturated rings. The minimum atomic E-state index is -0.768. The number of rotatable bonds is 10. The quantitative estimate of drug-likeness (QED) is 0.334. The van der Waals surface area contributed by atoms with Crippen molar-refractivity contribution >= 4 is 46.9 Å². The molecule has 0 saturated carbocycles. The minimum absolute atomic E-state index is 0.181. The maximum absolute atomic E-state index is 12.0. The fraction of sp³-hybridized carbons (Fsp3) is 0.292. The van der Waals surface area contributed by atoms with Crippen LogP contribution in [0, 0.1) is 5.92 Å². The fourth-order valence-electron chi connectivity index (χ4n) is 2.55. The van der Waals surface area contributed by atoms with E-state index in [4.69, 9.17) is 21.1 Å². The van der Waals surface area contributed by atoms with E-state index >= 15 is 0 Å². The van der Waals surface area contributed by atoms with E-state index < -0.39 is 36.3 Å². The van der Waals surface area contributed by atoms with Crippen LogP contribution in [0.1, 0.15) is 47.4 Å². The average Bonchev–Trinajstić information content (AvgIpc) is 2.84. The summed E-state index contributed by atoms with van der Waals surface area (Å²) < 4.78 is 9.97. The van der Waals surface area contributed by atoms with Crippen LogP contribution in [0.25, 0.3) is 0 Å². The zero-order valence-corrected chi connectivity index (χ0v) is 20.0. The number of carbonyl (C=O) groups excluding carboxylic acids is 5. The van der Waals surface area contributed by atoms with Gasteiger partial charge in [-0.25, -0.2) is 4.79 Å². The molecule has 3 N–H and O–H groups in total. The Hall–Kier alpha value is -3.92. The van der Waals surface area contributed by atoms with Crippen LogP contribution in [-0.4, -0.2) is 42.9 Å². The monoisotopic (exact) mass is 503 g/mol. The molecule has 186 valence electrons. The van der Waals surface area contributed by atoms with Crippen molar-refractivity contribution < 1.29 is 33.4 Å². The Morgan fingerprint density at radius 1 is 0.857 bits per heavy atom. The van der Waals surface area contributed by atoms with E-state index in [-0.39, 0.29) is 29.3 Å². The highest BCUT2D eigenvalue weighted by molar-refractivity contribution is 6.33. The highest BCUT2D eigenvalue weighted by Gasteiger charge is 2.14. The van der Waals surface area contributed by atoms with Gasteiger partial charge < -0.3 is 14.8 Å². The molecule has 0 unspecified atom stereocenters. The summed E-state index contributed by atoms with van der Waals surface area (Å²) in [5.74, 6) is -2.84. The van der Waals surface area contributed by atoms with Crippen LogP contribution in [-0.2, 0) is 23.9 Å². The SMILES string of the molecule is CC(C)COC(=O)c1ccc(NC(=O)COC(=O)CCC(=O)NNC(=O)c2ccccc2Cl)cc1. The van der Waals surface area contributed by atoms with Gasteiger partial charge in [-0.1, -0.05) is 37.6 Å². The third-order valence-corrected chi connectivity index (χ3v) is 4.64. The van der Waals surface area contributed by atoms with Crippen LogP contribution in [0.2, 0.25) is 5.02 Å². The molecule has 2 aromatic rings. The molecule has 0 aliphatic rings. The molecule has 0 saturated heterocycles. The van der Waals surface area contributed by atoms with Crippen molar-refractivity contribution in [2.24, 2.45) is 5.92 Å². The van der Waals surface area contributed by atoms with Gasteiger partial charge >= 0.3 is 11.9 Å². The van der Waals surface area contributed by atoms with Crippen molar-refractivity contribution in [3.63, 3.8) is 0 Å². The molecule has 10 nitrogen and oxygen atoms in total. The summed E-state index contributed by atoms with van der Waals surface area (Å²) in [5, 5.41) is 2.75. The van der Waals surface area contributed by atoms with E-state index in [2.05, 4.69) is 16.2 Å². The third-order valence-electron chi connectivity index (χ3n) is 4.31. The van der Waals surface area contributed by atoms with E-state index in [1.165, 1.54) is 36.4 Å². The van der Waals surface area contributed by atoms with Gasteiger partial charge in [-0.05, 0) is 42.3 Å². The maximum Gasteiger partial charge on any atom is 0.338 e. The number of hydrogen-bond donors (Lipinski definition) is 3. The number of amides is 3. The van der Waals surface area contributed by atoms with Crippen LogP contribution in [0.15, 0.2) is 48.5 Å². The molecule has 0 atom stereocenters. The lowest BCUT2D eigenvalue weighted by atomic mass is 10.2. The number of ether oxygens (including phenoxy) is 2. The molecule has 0 aliphatic heterocycles. The Bertz CT molecular complexity index is 1070. The summed E-state index contributed by atoms with van der Waals surface area (Å²) in [4.78, 5) is 59.5. The lowest BCUT2D eigenvalue weighted by molar-refractivity contribution is -0.148. The van der Waals surface area contributed by atoms with E-state index in [9.17, 15) is 24.0 Å². The number of nitrogens with one attached hydrogen (secondary N) is 3. The van der Waals surface area contributed by atoms with Crippen molar-refractivity contribution in [3.05, 3.63) is 64.7 Å². The van der Waals surface area contributed by atoms with Gasteiger partial charge in [-0.3, -0.25) is 30.0 Å². The van der Waals surface area contributed by atoms with Gasteiger partial charge in [-0.15, -0.1) is 0 Å². The van der Waals surface area contributed by atoms with Crippen molar-refractivity contribution in [3.8, 4) is 0 Å². The highest BCUT2D eigenvalue weighted by atomic mass is 35.5. The van der Waals surface area contributed by atoms with Gasteiger partial charge in [0.15, 0.2) is 6.61 Å². The van der Waals surface area contributed by atoms with Gasteiger partial charge in [0.05, 0.1) is 29.2 Å². The minimum Gasteiger partial charge on any atom is -0.462 e. The number of esters is 2. The summed E-state index contributed by atoms with van der Waals surface area (Å²) in [6.07, 6.45) is -0.564. The zero-order valence-electron chi connectivity index (χ0n) is 19.3. The molecule has 0 heterocycles. The van der Waals surface area contributed by atoms with Crippen LogP contribution in [0.3, 0.4) is 0 Å². The summed E-state index contributed by atoms with van der Waals surface area (Å²) in [6.45, 7) is 3.61. The summed E-state index contributed by atoms with van der Waals surface area (Å²) >= 11 is 5.90. The van der Waals surface area contributed by atoms with Crippen LogP contribution >= 0.6 is 11.6 Å². The van der Waals surface area contributed by atoms with E-state index in [0.29, 0.717) is 17.9 Å². The number of anilines is 1. The second kappa shape index (κ2) is 13.7. The zero-order chi connectivity index (χ0) is 25.8. The van der Waals surface area contributed by atoms with E-state index in [1.807, 2.05) is 13.8 Å². The topological polar surface area (TPSA) is 140 Å². The fourth-order valence-corrected chi connectivity index (χ4v) is 2.77. The first-order chi connectivity index (χ1) is 16.7. The lowest BCUT2D eigenvalue weighted by Crippen LogP contribution is -2.41. The predicted octanol–water partition coefficient (Wildman–Crippen LogP) is 2.88. The second-order valence-electron chi connectivity index (χ2n) is 7.76. The van der Waals surface area contributed by atoms with Gasteiger partial charge in [0.1, 0.15) is 0 Å². The van der Waals surface area contributed by atoms with Crippen molar-refractivity contribution in [1.29, 1.82) is 0 Å². The van der Waals surface area contributed by atoms with Gasteiger partial charge in [0, 0.05) is 12.1 Å². The molecular formula is C24H26ClN3O7. The molecule has 0 aliphatic carbocycles. The van der Waals surface area contributed by atoms with Gasteiger partial charge in [-0.2, -0.15) is 0 Å². The number of halogens is 1. The Morgan fingerprint density at radius 2 is 1.54 bits per heavy atom. The molecule has 3 amide bonds. The summed E-state index contributed by atoms with van der Waals surface area (Å²) in [5.41, 5.74) is 5.29. The number of hydrazine groups is 1.